The number of halogens is 2. The first-order valence-corrected chi connectivity index (χ1v) is 13.0. The van der Waals surface area contributed by atoms with Crippen LogP contribution in [0.2, 0.25) is 10.0 Å². The zero-order chi connectivity index (χ0) is 21.9. The highest BCUT2D eigenvalue weighted by atomic mass is 35.5. The van der Waals surface area contributed by atoms with Gasteiger partial charge in [0.25, 0.3) is 0 Å². The van der Waals surface area contributed by atoms with E-state index in [4.69, 9.17) is 27.9 Å². The summed E-state index contributed by atoms with van der Waals surface area (Å²) in [6.45, 7) is 1.58. The van der Waals surface area contributed by atoms with Crippen LogP contribution in [0.5, 0.6) is 5.75 Å². The van der Waals surface area contributed by atoms with Gasteiger partial charge in [-0.2, -0.15) is 4.31 Å². The predicted molar refractivity (Wildman–Crippen MR) is 117 cm³/mol. The maximum atomic E-state index is 12.9. The van der Waals surface area contributed by atoms with Gasteiger partial charge in [0.05, 0.1) is 27.8 Å². The third kappa shape index (κ3) is 5.09. The number of methoxy groups -OCH3 is 1. The first-order valence-electron chi connectivity index (χ1n) is 9.18. The van der Waals surface area contributed by atoms with Gasteiger partial charge in [-0.25, -0.2) is 16.8 Å². The van der Waals surface area contributed by atoms with Crippen molar-refractivity contribution in [3.05, 3.63) is 52.5 Å². The van der Waals surface area contributed by atoms with E-state index in [1.54, 1.807) is 18.2 Å². The number of rotatable bonds is 7. The summed E-state index contributed by atoms with van der Waals surface area (Å²) in [5.74, 6) is 0.414. The van der Waals surface area contributed by atoms with Crippen LogP contribution in [-0.2, 0) is 19.9 Å². The Morgan fingerprint density at radius 2 is 1.53 bits per heavy atom. The fourth-order valence-electron chi connectivity index (χ4n) is 3.21. The molecule has 3 rings (SSSR count). The minimum absolute atomic E-state index is 0.0662. The lowest BCUT2D eigenvalue weighted by Gasteiger charge is -2.34. The van der Waals surface area contributed by atoms with E-state index in [9.17, 15) is 16.8 Å². The number of benzene rings is 2. The monoisotopic (exact) mass is 492 g/mol. The molecule has 1 aliphatic rings. The number of hydrogen-bond acceptors (Lipinski definition) is 6. The zero-order valence-electron chi connectivity index (χ0n) is 16.3. The molecule has 0 saturated carbocycles. The number of nitrogens with zero attached hydrogens (tertiary/aromatic N) is 2. The van der Waals surface area contributed by atoms with E-state index < -0.39 is 19.9 Å². The third-order valence-electron chi connectivity index (χ3n) is 4.92. The number of sulfonamides is 1. The second-order valence-electron chi connectivity index (χ2n) is 6.79. The van der Waals surface area contributed by atoms with Crippen LogP contribution >= 0.6 is 23.2 Å². The maximum Gasteiger partial charge on any atom is 0.246 e. The predicted octanol–water partition coefficient (Wildman–Crippen LogP) is 2.78. The lowest BCUT2D eigenvalue weighted by Crippen LogP contribution is -2.49. The van der Waals surface area contributed by atoms with Gasteiger partial charge >= 0.3 is 0 Å². The lowest BCUT2D eigenvalue weighted by atomic mass is 10.3. The Kier molecular flexibility index (Phi) is 7.32. The minimum atomic E-state index is -3.83. The molecule has 7 nitrogen and oxygen atoms in total. The molecule has 0 spiro atoms. The van der Waals surface area contributed by atoms with Crippen molar-refractivity contribution in [2.45, 2.75) is 9.79 Å². The molecule has 0 amide bonds. The Bertz CT molecular complexity index is 1100. The first kappa shape index (κ1) is 23.3. The van der Waals surface area contributed by atoms with Crippen molar-refractivity contribution in [2.24, 2.45) is 0 Å². The van der Waals surface area contributed by atoms with Crippen molar-refractivity contribution in [1.82, 2.24) is 9.21 Å². The average molecular weight is 493 g/mol. The minimum Gasteiger partial charge on any atom is -0.497 e. The molecular formula is C19H22Cl2N2O5S2. The number of hydrogen-bond donors (Lipinski definition) is 0. The van der Waals surface area contributed by atoms with Crippen LogP contribution in [0.15, 0.2) is 52.3 Å². The standard InChI is InChI=1S/C19H22Cl2N2O5S2/c1-28-15-4-2-5-16(14-15)29(24,25)13-12-22-8-10-23(11-9-22)30(26,27)19-17(20)6-3-7-18(19)21/h2-7,14H,8-13H2,1H3. The summed E-state index contributed by atoms with van der Waals surface area (Å²) in [6, 6.07) is 10.9. The third-order valence-corrected chi connectivity index (χ3v) is 9.47. The Morgan fingerprint density at radius 1 is 0.933 bits per heavy atom. The fourth-order valence-corrected chi connectivity index (χ4v) is 7.04. The van der Waals surface area contributed by atoms with Crippen LogP contribution in [0, 0.1) is 0 Å². The molecule has 1 heterocycles. The highest BCUT2D eigenvalue weighted by molar-refractivity contribution is 7.91. The first-order chi connectivity index (χ1) is 14.1. The van der Waals surface area contributed by atoms with Crippen molar-refractivity contribution in [2.75, 3.05) is 45.6 Å². The molecule has 0 unspecified atom stereocenters. The molecule has 1 saturated heterocycles. The van der Waals surface area contributed by atoms with E-state index in [0.717, 1.165) is 0 Å². The fraction of sp³-hybridized carbons (Fsp3) is 0.368. The maximum absolute atomic E-state index is 12.9. The van der Waals surface area contributed by atoms with E-state index in [0.29, 0.717) is 25.4 Å². The molecule has 0 aromatic heterocycles. The normalized spacial score (nSPS) is 16.5. The van der Waals surface area contributed by atoms with Crippen molar-refractivity contribution in [3.8, 4) is 5.75 Å². The highest BCUT2D eigenvalue weighted by Gasteiger charge is 2.32. The van der Waals surface area contributed by atoms with Crippen molar-refractivity contribution in [1.29, 1.82) is 0 Å². The van der Waals surface area contributed by atoms with Gasteiger partial charge in [0.15, 0.2) is 9.84 Å². The van der Waals surface area contributed by atoms with Crippen LogP contribution in [0.25, 0.3) is 0 Å². The van der Waals surface area contributed by atoms with Gasteiger partial charge in [-0.1, -0.05) is 35.3 Å². The van der Waals surface area contributed by atoms with Gasteiger partial charge in [0.2, 0.25) is 10.0 Å². The summed E-state index contributed by atoms with van der Waals surface area (Å²) < 4.78 is 57.5. The molecule has 0 bridgehead atoms. The van der Waals surface area contributed by atoms with Crippen molar-refractivity contribution in [3.63, 3.8) is 0 Å². The summed E-state index contributed by atoms with van der Waals surface area (Å²) in [7, 11) is -5.83. The van der Waals surface area contributed by atoms with Crippen molar-refractivity contribution < 1.29 is 21.6 Å². The summed E-state index contributed by atoms with van der Waals surface area (Å²) in [5.41, 5.74) is 0. The molecular weight excluding hydrogens is 471 g/mol. The summed E-state index contributed by atoms with van der Waals surface area (Å²) >= 11 is 12.1. The van der Waals surface area contributed by atoms with Gasteiger partial charge in [-0.05, 0) is 30.3 Å². The molecule has 0 radical (unpaired) electrons. The van der Waals surface area contributed by atoms with Crippen LogP contribution in [0.1, 0.15) is 0 Å². The molecule has 1 aliphatic heterocycles. The van der Waals surface area contributed by atoms with Crippen LogP contribution in [0.4, 0.5) is 0 Å². The Hall–Kier alpha value is -1.36. The molecule has 2 aromatic carbocycles. The van der Waals surface area contributed by atoms with E-state index in [-0.39, 0.29) is 38.7 Å². The molecule has 0 N–H and O–H groups in total. The molecule has 30 heavy (non-hydrogen) atoms. The van der Waals surface area contributed by atoms with Crippen LogP contribution < -0.4 is 4.74 Å². The summed E-state index contributed by atoms with van der Waals surface area (Å²) in [6.07, 6.45) is 0. The van der Waals surface area contributed by atoms with Crippen LogP contribution in [0.3, 0.4) is 0 Å². The average Bonchev–Trinajstić information content (AvgIpc) is 2.72. The van der Waals surface area contributed by atoms with E-state index in [1.807, 2.05) is 4.90 Å². The largest absolute Gasteiger partial charge is 0.497 e. The van der Waals surface area contributed by atoms with E-state index in [1.165, 1.54) is 35.7 Å². The Morgan fingerprint density at radius 3 is 2.13 bits per heavy atom. The smallest absolute Gasteiger partial charge is 0.246 e. The summed E-state index contributed by atoms with van der Waals surface area (Å²) in [5, 5.41) is 0.156. The topological polar surface area (TPSA) is 84.0 Å². The molecule has 1 fully saturated rings. The van der Waals surface area contributed by atoms with Gasteiger partial charge in [0.1, 0.15) is 10.6 Å². The van der Waals surface area contributed by atoms with Gasteiger partial charge in [-0.15, -0.1) is 0 Å². The molecule has 0 atom stereocenters. The van der Waals surface area contributed by atoms with Gasteiger partial charge in [0, 0.05) is 32.7 Å². The number of ether oxygens (including phenoxy) is 1. The molecule has 0 aliphatic carbocycles. The SMILES string of the molecule is COc1cccc(S(=O)(=O)CCN2CCN(S(=O)(=O)c3c(Cl)cccc3Cl)CC2)c1. The molecule has 164 valence electrons. The van der Waals surface area contributed by atoms with Gasteiger partial charge < -0.3 is 4.74 Å². The zero-order valence-corrected chi connectivity index (χ0v) is 19.4. The van der Waals surface area contributed by atoms with Crippen LogP contribution in [-0.4, -0.2) is 71.6 Å². The van der Waals surface area contributed by atoms with Crippen molar-refractivity contribution >= 4 is 43.1 Å². The number of piperazine rings is 1. The Balaban J connectivity index is 1.62. The molecule has 2 aromatic rings. The second kappa shape index (κ2) is 9.42. The quantitative estimate of drug-likeness (QED) is 0.590. The van der Waals surface area contributed by atoms with Gasteiger partial charge in [-0.3, -0.25) is 4.90 Å². The summed E-state index contributed by atoms with van der Waals surface area (Å²) in [4.78, 5) is 2.04. The van der Waals surface area contributed by atoms with E-state index >= 15 is 0 Å². The lowest BCUT2D eigenvalue weighted by molar-refractivity contribution is 0.197. The highest BCUT2D eigenvalue weighted by Crippen LogP contribution is 2.31. The molecule has 11 heteroatoms. The number of sulfone groups is 1. The Labute approximate surface area is 187 Å². The second-order valence-corrected chi connectivity index (χ2v) is 11.6. The van der Waals surface area contributed by atoms with E-state index in [2.05, 4.69) is 0 Å².